The second-order valence-corrected chi connectivity index (χ2v) is 9.22. The van der Waals surface area contributed by atoms with Crippen LogP contribution >= 0.6 is 11.3 Å². The van der Waals surface area contributed by atoms with Crippen LogP contribution in [0.15, 0.2) is 42.7 Å². The highest BCUT2D eigenvalue weighted by atomic mass is 32.1. The first-order valence-corrected chi connectivity index (χ1v) is 12.6. The van der Waals surface area contributed by atoms with E-state index in [4.69, 9.17) is 14.2 Å². The van der Waals surface area contributed by atoms with E-state index in [1.54, 1.807) is 0 Å². The van der Waals surface area contributed by atoms with Crippen LogP contribution < -0.4 is 14.8 Å². The summed E-state index contributed by atoms with van der Waals surface area (Å²) in [6.45, 7) is 1.61. The second kappa shape index (κ2) is 11.4. The maximum atomic E-state index is 14.7. The highest BCUT2D eigenvalue weighted by Gasteiger charge is 2.17. The summed E-state index contributed by atoms with van der Waals surface area (Å²) in [6, 6.07) is 7.93. The summed E-state index contributed by atoms with van der Waals surface area (Å²) in [5.74, 6) is -1.15. The number of rotatable bonds is 8. The summed E-state index contributed by atoms with van der Waals surface area (Å²) in [4.78, 5) is 45.5. The Balaban J connectivity index is 1.24. The van der Waals surface area contributed by atoms with Gasteiger partial charge in [0.05, 0.1) is 43.3 Å². The molecule has 0 bridgehead atoms. The molecule has 0 fully saturated rings. The van der Waals surface area contributed by atoms with Crippen molar-refractivity contribution >= 4 is 50.5 Å². The Bertz CT molecular complexity index is 1730. The molecule has 14 heteroatoms. The number of nitrogens with one attached hydrogen (secondary N) is 1. The first kappa shape index (κ1) is 26.6. The van der Waals surface area contributed by atoms with Gasteiger partial charge in [0.25, 0.3) is 5.88 Å². The van der Waals surface area contributed by atoms with Gasteiger partial charge in [-0.3, -0.25) is 5.32 Å². The number of hydrogen-bond acceptors (Lipinski definition) is 12. The highest BCUT2D eigenvalue weighted by Crippen LogP contribution is 2.35. The molecule has 0 radical (unpaired) electrons. The number of thiazole rings is 1. The minimum absolute atomic E-state index is 0.0935. The monoisotopic (exact) mass is 564 g/mol. The molecule has 0 saturated heterocycles. The van der Waals surface area contributed by atoms with E-state index >= 15 is 0 Å². The van der Waals surface area contributed by atoms with Gasteiger partial charge in [-0.05, 0) is 36.8 Å². The molecule has 1 aromatic carbocycles. The second-order valence-electron chi connectivity index (χ2n) is 8.24. The molecule has 0 aliphatic carbocycles. The largest absolute Gasteiger partial charge is 0.480 e. The molecule has 1 amide bonds. The Kier molecular flexibility index (Phi) is 7.59. The van der Waals surface area contributed by atoms with Gasteiger partial charge in [-0.1, -0.05) is 11.3 Å². The van der Waals surface area contributed by atoms with Gasteiger partial charge < -0.3 is 18.9 Å². The molecule has 0 aliphatic heterocycles. The highest BCUT2D eigenvalue weighted by molar-refractivity contribution is 7.21. The molecule has 204 valence electrons. The maximum Gasteiger partial charge on any atom is 0.411 e. The fraction of sp³-hybridized carbons (Fsp3) is 0.192. The van der Waals surface area contributed by atoms with Crippen LogP contribution in [0.1, 0.15) is 16.1 Å². The van der Waals surface area contributed by atoms with Crippen LogP contribution in [0.2, 0.25) is 0 Å². The van der Waals surface area contributed by atoms with Crippen molar-refractivity contribution in [3.05, 3.63) is 59.8 Å². The Morgan fingerprint density at radius 2 is 1.85 bits per heavy atom. The van der Waals surface area contributed by atoms with Crippen molar-refractivity contribution in [2.75, 3.05) is 32.8 Å². The molecule has 4 heterocycles. The molecular formula is C26H21FN6O6S. The van der Waals surface area contributed by atoms with Gasteiger partial charge in [-0.2, -0.15) is 4.98 Å². The summed E-state index contributed by atoms with van der Waals surface area (Å²) in [5.41, 5.74) is 3.74. The number of halogens is 1. The van der Waals surface area contributed by atoms with Crippen molar-refractivity contribution < 1.29 is 32.9 Å². The summed E-state index contributed by atoms with van der Waals surface area (Å²) >= 11 is 1.26. The number of carbonyl (C=O) groups is 2. The van der Waals surface area contributed by atoms with Crippen molar-refractivity contribution in [2.45, 2.75) is 6.92 Å². The van der Waals surface area contributed by atoms with E-state index in [2.05, 4.69) is 35.0 Å². The molecule has 12 nitrogen and oxygen atoms in total. The Morgan fingerprint density at radius 3 is 2.60 bits per heavy atom. The fourth-order valence-electron chi connectivity index (χ4n) is 3.67. The molecule has 0 atom stereocenters. The lowest BCUT2D eigenvalue weighted by molar-refractivity contribution is 0.0594. The average Bonchev–Trinajstić information content (AvgIpc) is 3.36. The fourth-order valence-corrected chi connectivity index (χ4v) is 4.60. The number of hydrogen-bond donors (Lipinski definition) is 1. The van der Waals surface area contributed by atoms with Crippen molar-refractivity contribution in [1.29, 1.82) is 0 Å². The number of benzene rings is 1. The number of esters is 1. The number of aromatic nitrogens is 5. The molecule has 0 aliphatic rings. The number of nitrogens with zero attached hydrogens (tertiary/aromatic N) is 5. The lowest BCUT2D eigenvalue weighted by Crippen LogP contribution is -2.18. The summed E-state index contributed by atoms with van der Waals surface area (Å²) in [5, 5.41) is 3.06. The number of carbonyl (C=O) groups excluding carboxylic acids is 2. The third-order valence-corrected chi connectivity index (χ3v) is 6.47. The SMILES string of the molecule is COC(=O)c1ccc(NC(=O)OCCOc2nc3sc(-c4cc(C)cc5nc(OC)cnc45)nc3cc2F)cn1. The molecule has 5 aromatic rings. The molecule has 0 spiro atoms. The quantitative estimate of drug-likeness (QED) is 0.209. The third-order valence-electron chi connectivity index (χ3n) is 5.47. The molecule has 1 N–H and O–H groups in total. The number of aryl methyl sites for hydroxylation is 1. The van der Waals surface area contributed by atoms with Crippen molar-refractivity contribution in [3.8, 4) is 22.3 Å². The summed E-state index contributed by atoms with van der Waals surface area (Å²) < 4.78 is 34.9. The van der Waals surface area contributed by atoms with Crippen molar-refractivity contribution in [3.63, 3.8) is 0 Å². The van der Waals surface area contributed by atoms with Gasteiger partial charge in [-0.25, -0.2) is 33.9 Å². The minimum atomic E-state index is -0.779. The van der Waals surface area contributed by atoms with Crippen LogP contribution in [0.3, 0.4) is 0 Å². The van der Waals surface area contributed by atoms with Gasteiger partial charge in [0, 0.05) is 11.6 Å². The molecule has 4 aromatic heterocycles. The number of amides is 1. The topological polar surface area (TPSA) is 148 Å². The van der Waals surface area contributed by atoms with Crippen LogP contribution in [-0.4, -0.2) is 64.4 Å². The first-order valence-electron chi connectivity index (χ1n) is 11.7. The maximum absolute atomic E-state index is 14.7. The number of methoxy groups -OCH3 is 2. The van der Waals surface area contributed by atoms with E-state index in [0.717, 1.165) is 11.1 Å². The summed E-state index contributed by atoms with van der Waals surface area (Å²) in [6.07, 6.45) is 2.03. The first-order chi connectivity index (χ1) is 19.3. The zero-order valence-electron chi connectivity index (χ0n) is 21.4. The molecule has 40 heavy (non-hydrogen) atoms. The Morgan fingerprint density at radius 1 is 1.00 bits per heavy atom. The standard InChI is InChI=1S/C26H21FN6O6S/c1-13-8-15(21-18(9-13)31-20(36-2)12-29-21)23-32-19-10-16(27)22(33-24(19)40-23)38-6-7-39-26(35)30-14-4-5-17(28-11-14)25(34)37-3/h4-5,8-12H,6-7H2,1-3H3,(H,30,35). The molecule has 5 rings (SSSR count). The van der Waals surface area contributed by atoms with Gasteiger partial charge in [0.2, 0.25) is 5.88 Å². The van der Waals surface area contributed by atoms with E-state index in [-0.39, 0.29) is 24.8 Å². The number of fused-ring (bicyclic) bond motifs is 2. The minimum Gasteiger partial charge on any atom is -0.480 e. The van der Waals surface area contributed by atoms with Crippen molar-refractivity contribution in [2.24, 2.45) is 0 Å². The van der Waals surface area contributed by atoms with Crippen LogP contribution in [0.4, 0.5) is 14.9 Å². The van der Waals surface area contributed by atoms with E-state index in [1.165, 1.54) is 56.1 Å². The molecule has 0 unspecified atom stereocenters. The van der Waals surface area contributed by atoms with Gasteiger partial charge in [0.1, 0.15) is 34.3 Å². The summed E-state index contributed by atoms with van der Waals surface area (Å²) in [7, 11) is 2.76. The van der Waals surface area contributed by atoms with Gasteiger partial charge in [-0.15, -0.1) is 0 Å². The van der Waals surface area contributed by atoms with Crippen LogP contribution in [0.5, 0.6) is 11.8 Å². The van der Waals surface area contributed by atoms with E-state index in [9.17, 15) is 14.0 Å². The molecule has 0 saturated carbocycles. The van der Waals surface area contributed by atoms with E-state index < -0.39 is 17.9 Å². The zero-order valence-corrected chi connectivity index (χ0v) is 22.2. The lowest BCUT2D eigenvalue weighted by Gasteiger charge is -2.08. The van der Waals surface area contributed by atoms with E-state index in [1.807, 2.05) is 19.1 Å². The van der Waals surface area contributed by atoms with Crippen LogP contribution in [-0.2, 0) is 9.47 Å². The van der Waals surface area contributed by atoms with Gasteiger partial charge in [0.15, 0.2) is 5.82 Å². The number of anilines is 1. The lowest BCUT2D eigenvalue weighted by atomic mass is 10.1. The van der Waals surface area contributed by atoms with Crippen molar-refractivity contribution in [1.82, 2.24) is 24.9 Å². The normalized spacial score (nSPS) is 10.9. The van der Waals surface area contributed by atoms with Gasteiger partial charge >= 0.3 is 12.1 Å². The average molecular weight is 565 g/mol. The predicted molar refractivity (Wildman–Crippen MR) is 143 cm³/mol. The smallest absolute Gasteiger partial charge is 0.411 e. The van der Waals surface area contributed by atoms with Crippen LogP contribution in [0, 0.1) is 12.7 Å². The van der Waals surface area contributed by atoms with E-state index in [0.29, 0.717) is 38.0 Å². The molecular weight excluding hydrogens is 543 g/mol. The zero-order chi connectivity index (χ0) is 28.2. The number of pyridine rings is 2. The van der Waals surface area contributed by atoms with Crippen LogP contribution in [0.25, 0.3) is 32.0 Å². The number of ether oxygens (including phenoxy) is 4. The Labute approximate surface area is 230 Å². The Hall–Kier alpha value is -4.98. The third kappa shape index (κ3) is 5.71. The predicted octanol–water partition coefficient (Wildman–Crippen LogP) is 4.57.